The number of sulfone groups is 1. The molecule has 0 aliphatic carbocycles. The molecule has 0 amide bonds. The van der Waals surface area contributed by atoms with Gasteiger partial charge in [-0.3, -0.25) is 0 Å². The molecule has 0 fully saturated rings. The third kappa shape index (κ3) is 2.38. The Kier molecular flexibility index (Phi) is 3.00. The van der Waals surface area contributed by atoms with E-state index in [0.29, 0.717) is 0 Å². The summed E-state index contributed by atoms with van der Waals surface area (Å²) >= 11 is 5.68. The molecule has 0 saturated heterocycles. The lowest BCUT2D eigenvalue weighted by molar-refractivity contribution is 0.602. The first-order chi connectivity index (χ1) is 6.45. The summed E-state index contributed by atoms with van der Waals surface area (Å²) in [5, 5.41) is 3.40. The van der Waals surface area contributed by atoms with Crippen LogP contribution in [0.25, 0.3) is 10.4 Å². The van der Waals surface area contributed by atoms with Crippen LogP contribution in [0.15, 0.2) is 28.2 Å². The second-order valence-electron chi connectivity index (χ2n) is 2.57. The van der Waals surface area contributed by atoms with Crippen LogP contribution in [0, 0.1) is 0 Å². The predicted molar refractivity (Wildman–Crippen MR) is 53.4 cm³/mol. The summed E-state index contributed by atoms with van der Waals surface area (Å²) < 4.78 is 22.2. The van der Waals surface area contributed by atoms with Crippen LogP contribution in [0.2, 0.25) is 5.02 Å². The van der Waals surface area contributed by atoms with Crippen molar-refractivity contribution in [3.63, 3.8) is 0 Å². The minimum atomic E-state index is -3.28. The highest BCUT2D eigenvalue weighted by molar-refractivity contribution is 7.90. The summed E-state index contributed by atoms with van der Waals surface area (Å²) in [6.45, 7) is 0. The van der Waals surface area contributed by atoms with Crippen molar-refractivity contribution in [3.8, 4) is 0 Å². The maximum Gasteiger partial charge on any atom is 0.175 e. The summed E-state index contributed by atoms with van der Waals surface area (Å²) in [6.07, 6.45) is 1.08. The molecule has 0 aromatic heterocycles. The minimum absolute atomic E-state index is 0.0967. The zero-order chi connectivity index (χ0) is 10.8. The molecule has 0 spiro atoms. The third-order valence-electron chi connectivity index (χ3n) is 1.50. The Hall–Kier alpha value is -1.23. The first kappa shape index (κ1) is 10.8. The van der Waals surface area contributed by atoms with E-state index in [4.69, 9.17) is 17.1 Å². The van der Waals surface area contributed by atoms with Crippen LogP contribution in [0.5, 0.6) is 0 Å². The van der Waals surface area contributed by atoms with E-state index >= 15 is 0 Å². The Morgan fingerprint density at radius 1 is 1.50 bits per heavy atom. The van der Waals surface area contributed by atoms with E-state index in [-0.39, 0.29) is 15.6 Å². The molecule has 0 radical (unpaired) electrons. The van der Waals surface area contributed by atoms with E-state index in [1.165, 1.54) is 18.2 Å². The van der Waals surface area contributed by atoms with Crippen molar-refractivity contribution in [1.82, 2.24) is 0 Å². The van der Waals surface area contributed by atoms with Crippen LogP contribution in [0.3, 0.4) is 0 Å². The normalized spacial score (nSPS) is 10.7. The SMILES string of the molecule is CS(=O)(=O)c1ccc(N=[N+]=[N-])c(Cl)c1. The fourth-order valence-corrected chi connectivity index (χ4v) is 1.78. The molecule has 0 heterocycles. The topological polar surface area (TPSA) is 82.9 Å². The zero-order valence-corrected chi connectivity index (χ0v) is 8.75. The Balaban J connectivity index is 3.33. The first-order valence-electron chi connectivity index (χ1n) is 3.50. The maximum atomic E-state index is 11.1. The molecule has 0 bridgehead atoms. The highest BCUT2D eigenvalue weighted by atomic mass is 35.5. The molecule has 1 aromatic carbocycles. The molecule has 74 valence electrons. The second-order valence-corrected chi connectivity index (χ2v) is 5.00. The highest BCUT2D eigenvalue weighted by Crippen LogP contribution is 2.27. The van der Waals surface area contributed by atoms with Gasteiger partial charge >= 0.3 is 0 Å². The summed E-state index contributed by atoms with van der Waals surface area (Å²) in [6, 6.07) is 3.95. The maximum absolute atomic E-state index is 11.1. The number of hydrogen-bond donors (Lipinski definition) is 0. The van der Waals surface area contributed by atoms with Gasteiger partial charge in [-0.25, -0.2) is 8.42 Å². The van der Waals surface area contributed by atoms with Gasteiger partial charge < -0.3 is 0 Å². The Morgan fingerprint density at radius 3 is 2.57 bits per heavy atom. The number of azide groups is 1. The van der Waals surface area contributed by atoms with Crippen molar-refractivity contribution >= 4 is 27.1 Å². The van der Waals surface area contributed by atoms with Gasteiger partial charge in [0.2, 0.25) is 0 Å². The standard InChI is InChI=1S/C7H6ClN3O2S/c1-14(12,13)5-2-3-7(10-11-9)6(8)4-5/h2-4H,1H3. The van der Waals surface area contributed by atoms with Crippen LogP contribution in [-0.4, -0.2) is 14.7 Å². The number of benzene rings is 1. The van der Waals surface area contributed by atoms with Gasteiger partial charge in [-0.1, -0.05) is 16.7 Å². The van der Waals surface area contributed by atoms with E-state index in [0.717, 1.165) is 6.26 Å². The molecule has 0 unspecified atom stereocenters. The van der Waals surface area contributed by atoms with Gasteiger partial charge in [0.25, 0.3) is 0 Å². The first-order valence-corrected chi connectivity index (χ1v) is 5.77. The van der Waals surface area contributed by atoms with Crippen LogP contribution in [0.1, 0.15) is 0 Å². The van der Waals surface area contributed by atoms with Crippen molar-refractivity contribution < 1.29 is 8.42 Å². The smallest absolute Gasteiger partial charge is 0.175 e. The Morgan fingerprint density at radius 2 is 2.14 bits per heavy atom. The highest BCUT2D eigenvalue weighted by Gasteiger charge is 2.08. The Labute approximate surface area is 85.9 Å². The van der Waals surface area contributed by atoms with Crippen LogP contribution in [0.4, 0.5) is 5.69 Å². The van der Waals surface area contributed by atoms with E-state index in [2.05, 4.69) is 10.0 Å². The molecule has 7 heteroatoms. The van der Waals surface area contributed by atoms with Crippen molar-refractivity contribution in [1.29, 1.82) is 0 Å². The van der Waals surface area contributed by atoms with Gasteiger partial charge in [0, 0.05) is 11.2 Å². The number of halogens is 1. The van der Waals surface area contributed by atoms with Gasteiger partial charge in [-0.05, 0) is 23.7 Å². The monoisotopic (exact) mass is 231 g/mol. The number of rotatable bonds is 2. The van der Waals surface area contributed by atoms with Crippen LogP contribution < -0.4 is 0 Å². The quantitative estimate of drug-likeness (QED) is 0.445. The molecule has 14 heavy (non-hydrogen) atoms. The summed E-state index contributed by atoms with van der Waals surface area (Å²) in [5.41, 5.74) is 8.36. The third-order valence-corrected chi connectivity index (χ3v) is 2.91. The number of hydrogen-bond acceptors (Lipinski definition) is 3. The summed E-state index contributed by atoms with van der Waals surface area (Å²) in [5.74, 6) is 0. The van der Waals surface area contributed by atoms with Crippen molar-refractivity contribution in [3.05, 3.63) is 33.7 Å². The van der Waals surface area contributed by atoms with Gasteiger partial charge in [0.1, 0.15) is 0 Å². The van der Waals surface area contributed by atoms with Gasteiger partial charge in [0.05, 0.1) is 15.6 Å². The molecule has 1 rings (SSSR count). The predicted octanol–water partition coefficient (Wildman–Crippen LogP) is 2.69. The second kappa shape index (κ2) is 3.88. The average molecular weight is 232 g/mol. The van der Waals surface area contributed by atoms with Gasteiger partial charge in [0.15, 0.2) is 9.84 Å². The molecule has 0 aliphatic rings. The molecule has 0 atom stereocenters. The van der Waals surface area contributed by atoms with Gasteiger partial charge in [-0.2, -0.15) is 0 Å². The van der Waals surface area contributed by atoms with Crippen molar-refractivity contribution in [2.75, 3.05) is 6.26 Å². The largest absolute Gasteiger partial charge is 0.224 e. The molecule has 0 saturated carbocycles. The molecule has 5 nitrogen and oxygen atoms in total. The molecule has 1 aromatic rings. The van der Waals surface area contributed by atoms with Crippen LogP contribution in [-0.2, 0) is 9.84 Å². The molecular weight excluding hydrogens is 226 g/mol. The summed E-state index contributed by atoms with van der Waals surface area (Å²) in [4.78, 5) is 2.65. The van der Waals surface area contributed by atoms with Crippen LogP contribution >= 0.6 is 11.6 Å². The summed E-state index contributed by atoms with van der Waals surface area (Å²) in [7, 11) is -3.28. The van der Waals surface area contributed by atoms with E-state index in [9.17, 15) is 8.42 Å². The molecule has 0 aliphatic heterocycles. The van der Waals surface area contributed by atoms with Gasteiger partial charge in [-0.15, -0.1) is 0 Å². The molecular formula is C7H6ClN3O2S. The average Bonchev–Trinajstić information content (AvgIpc) is 2.07. The van der Waals surface area contributed by atoms with E-state index in [1.54, 1.807) is 0 Å². The van der Waals surface area contributed by atoms with E-state index < -0.39 is 9.84 Å². The minimum Gasteiger partial charge on any atom is -0.224 e. The lowest BCUT2D eigenvalue weighted by Crippen LogP contribution is -1.96. The fourth-order valence-electron chi connectivity index (χ4n) is 0.848. The van der Waals surface area contributed by atoms with Crippen molar-refractivity contribution in [2.45, 2.75) is 4.90 Å². The lowest BCUT2D eigenvalue weighted by Gasteiger charge is -2.00. The lowest BCUT2D eigenvalue weighted by atomic mass is 10.3. The number of nitrogens with zero attached hydrogens (tertiary/aromatic N) is 3. The fraction of sp³-hybridized carbons (Fsp3) is 0.143. The zero-order valence-electron chi connectivity index (χ0n) is 7.18. The van der Waals surface area contributed by atoms with Crippen molar-refractivity contribution in [2.24, 2.45) is 5.11 Å². The molecule has 0 N–H and O–H groups in total. The van der Waals surface area contributed by atoms with E-state index in [1.807, 2.05) is 0 Å². The Bertz CT molecular complexity index is 506.